The van der Waals surface area contributed by atoms with Crippen molar-refractivity contribution < 1.29 is 63.8 Å². The smallest absolute Gasteiger partial charge is 0.373 e. The highest BCUT2D eigenvalue weighted by atomic mass is 19.3. The van der Waals surface area contributed by atoms with Crippen molar-refractivity contribution in [2.75, 3.05) is 7.11 Å². The van der Waals surface area contributed by atoms with Gasteiger partial charge in [0.15, 0.2) is 11.3 Å². The van der Waals surface area contributed by atoms with Crippen LogP contribution in [0.1, 0.15) is 183 Å². The standard InChI is InChI=1S/C16H18F2.C16H16F2.C16H19FO.C10H14F2.C10H15FO.2CO2/c2*1-13-7-9-14(10-8-13)12-15-6-4-2-3-5-11-16(15,17)18;1-16(17)11-6-5-9-15(10-12-16)18-13-14-7-3-2-4-8-14;1-2-9-7-5-3-4-6-8-10(9,11)12;1-10(11)7-4-3-5-9(12-2)6-8-10;2*2-1-3/h7-10,15H,2-4,6,12H2,1H3;7-10,12H,2-4,6H2,1H3;2-4,7-8,15H,5,9-10,12-13H2,1H3;9H,2-5,7H2,1H3;9H,3,5-6,8H2,1-2H3;;/b;15-12+;;;;;. The molecule has 0 radical (unpaired) electrons. The van der Waals surface area contributed by atoms with Crippen LogP contribution in [0.2, 0.25) is 0 Å². The van der Waals surface area contributed by atoms with Crippen molar-refractivity contribution >= 4 is 18.4 Å². The second-order valence-electron chi connectivity index (χ2n) is 21.6. The van der Waals surface area contributed by atoms with Gasteiger partial charge in [-0.15, -0.1) is 0 Å². The summed E-state index contributed by atoms with van der Waals surface area (Å²) in [5.74, 6) is 15.4. The highest BCUT2D eigenvalue weighted by Gasteiger charge is 2.38. The van der Waals surface area contributed by atoms with Gasteiger partial charge in [-0.25, -0.2) is 8.78 Å². The molecule has 0 fully saturated rings. The quantitative estimate of drug-likeness (QED) is 0.165. The average molecular weight is 1170 g/mol. The third kappa shape index (κ3) is 31.8. The van der Waals surface area contributed by atoms with Crippen molar-refractivity contribution in [2.24, 2.45) is 11.8 Å². The lowest BCUT2D eigenvalue weighted by Gasteiger charge is -2.24. The van der Waals surface area contributed by atoms with Crippen LogP contribution in [0.15, 0.2) is 84.4 Å². The summed E-state index contributed by atoms with van der Waals surface area (Å²) in [6, 6.07) is 25.5. The van der Waals surface area contributed by atoms with Gasteiger partial charge in [0.1, 0.15) is 0 Å². The summed E-state index contributed by atoms with van der Waals surface area (Å²) in [6.07, 6.45) is 17.9. The van der Waals surface area contributed by atoms with E-state index in [0.29, 0.717) is 70.8 Å². The number of halogens is 8. The third-order valence-electron chi connectivity index (χ3n) is 14.3. The van der Waals surface area contributed by atoms with Gasteiger partial charge >= 0.3 is 30.1 Å². The van der Waals surface area contributed by atoms with E-state index in [2.05, 4.69) is 59.2 Å². The molecule has 0 aliphatic heterocycles. The number of alkyl halides is 8. The Bertz CT molecular complexity index is 2800. The van der Waals surface area contributed by atoms with E-state index in [-0.39, 0.29) is 30.1 Å². The maximum Gasteiger partial charge on any atom is 0.373 e. The molecule has 6 atom stereocenters. The van der Waals surface area contributed by atoms with Gasteiger partial charge in [-0.3, -0.25) is 0 Å². The zero-order chi connectivity index (χ0) is 62.3. The summed E-state index contributed by atoms with van der Waals surface area (Å²) in [7, 11) is 1.68. The normalized spacial score (nSPS) is 24.6. The second-order valence-corrected chi connectivity index (χ2v) is 21.6. The first-order valence-corrected chi connectivity index (χ1v) is 29.0. The van der Waals surface area contributed by atoms with Gasteiger partial charge in [0.05, 0.1) is 18.8 Å². The van der Waals surface area contributed by atoms with Gasteiger partial charge in [-0.1, -0.05) is 151 Å². The number of benzene rings is 3. The molecule has 0 spiro atoms. The number of hydrogen-bond acceptors (Lipinski definition) is 6. The molecule has 0 saturated heterocycles. The second kappa shape index (κ2) is 39.8. The molecule has 84 heavy (non-hydrogen) atoms. The summed E-state index contributed by atoms with van der Waals surface area (Å²) in [5, 5.41) is 0. The maximum absolute atomic E-state index is 13.9. The Kier molecular flexibility index (Phi) is 34.8. The predicted molar refractivity (Wildman–Crippen MR) is 312 cm³/mol. The van der Waals surface area contributed by atoms with Gasteiger partial charge in [0.2, 0.25) is 0 Å². The van der Waals surface area contributed by atoms with Crippen molar-refractivity contribution in [3.05, 3.63) is 112 Å². The number of carbonyl (C=O) groups excluding carboxylic acids is 4. The molecular formula is C70H82F8O6. The van der Waals surface area contributed by atoms with Crippen LogP contribution in [-0.4, -0.2) is 60.7 Å². The SMILES string of the molecule is CC1(F)C#CCCC(OCc2ccccc2)CC1.CCC1CCCCC#CC1(F)F.COC1CCC#CC(C)(F)CC1.Cc1ccc(/C=C2\CCCCC#CC2(F)F)cc1.Cc1ccc(CC2CCCCC#CC2(F)F)cc1.O=C=O.O=C=O. The average Bonchev–Trinajstić information content (AvgIpc) is 3.54. The molecule has 3 aromatic rings. The number of rotatable bonds is 8. The van der Waals surface area contributed by atoms with Crippen LogP contribution in [0.5, 0.6) is 0 Å². The summed E-state index contributed by atoms with van der Waals surface area (Å²) < 4.78 is 120. The zero-order valence-corrected chi connectivity index (χ0v) is 49.6. The zero-order valence-electron chi connectivity index (χ0n) is 49.6. The molecule has 5 aliphatic rings. The Hall–Kier alpha value is -6.68. The van der Waals surface area contributed by atoms with Crippen LogP contribution in [0.25, 0.3) is 6.08 Å². The van der Waals surface area contributed by atoms with Crippen molar-refractivity contribution in [3.63, 3.8) is 0 Å². The largest absolute Gasteiger partial charge is 0.381 e. The molecule has 3 aromatic carbocycles. The van der Waals surface area contributed by atoms with E-state index in [9.17, 15) is 35.1 Å². The van der Waals surface area contributed by atoms with E-state index in [1.165, 1.54) is 6.92 Å². The first-order valence-electron chi connectivity index (χ1n) is 29.0. The van der Waals surface area contributed by atoms with E-state index in [4.69, 9.17) is 28.7 Å². The third-order valence-corrected chi connectivity index (χ3v) is 14.3. The Morgan fingerprint density at radius 3 is 1.50 bits per heavy atom. The number of ether oxygens (including phenoxy) is 2. The number of allylic oxidation sites excluding steroid dienone is 1. The van der Waals surface area contributed by atoms with Gasteiger partial charge in [0, 0.05) is 56.6 Å². The van der Waals surface area contributed by atoms with E-state index in [0.717, 1.165) is 105 Å². The Balaban J connectivity index is 0.000000353. The molecule has 5 aliphatic carbocycles. The lowest BCUT2D eigenvalue weighted by atomic mass is 9.87. The fourth-order valence-corrected chi connectivity index (χ4v) is 9.23. The molecule has 6 nitrogen and oxygen atoms in total. The summed E-state index contributed by atoms with van der Waals surface area (Å²) in [5.41, 5.74) is 2.72. The highest BCUT2D eigenvalue weighted by molar-refractivity contribution is 5.56. The minimum absolute atomic E-state index is 0.120. The van der Waals surface area contributed by atoms with Crippen LogP contribution in [0, 0.1) is 84.9 Å². The Morgan fingerprint density at radius 2 is 0.976 bits per heavy atom. The molecule has 14 heteroatoms. The molecule has 6 unspecified atom stereocenters. The first-order chi connectivity index (χ1) is 39.9. The molecule has 0 aromatic heterocycles. The molecule has 0 bridgehead atoms. The minimum atomic E-state index is -2.98. The molecule has 8 rings (SSSR count). The monoisotopic (exact) mass is 1170 g/mol. The van der Waals surface area contributed by atoms with Crippen molar-refractivity contribution in [1.82, 2.24) is 0 Å². The first kappa shape index (κ1) is 73.4. The van der Waals surface area contributed by atoms with Gasteiger partial charge < -0.3 is 9.47 Å². The topological polar surface area (TPSA) is 86.7 Å². The van der Waals surface area contributed by atoms with Crippen molar-refractivity contribution in [3.8, 4) is 59.2 Å². The van der Waals surface area contributed by atoms with E-state index >= 15 is 0 Å². The fourth-order valence-electron chi connectivity index (χ4n) is 9.23. The van der Waals surface area contributed by atoms with E-state index in [1.54, 1.807) is 20.1 Å². The lowest BCUT2D eigenvalue weighted by molar-refractivity contribution is -0.193. The number of hydrogen-bond donors (Lipinski definition) is 0. The number of aryl methyl sites for hydroxylation is 2. The van der Waals surface area contributed by atoms with Gasteiger partial charge in [0.25, 0.3) is 0 Å². The van der Waals surface area contributed by atoms with Crippen LogP contribution in [0.3, 0.4) is 0 Å². The lowest BCUT2D eigenvalue weighted by Crippen LogP contribution is -2.29. The number of methoxy groups -OCH3 is 1. The van der Waals surface area contributed by atoms with Crippen molar-refractivity contribution in [2.45, 2.75) is 224 Å². The van der Waals surface area contributed by atoms with E-state index in [1.807, 2.05) is 99.6 Å². The van der Waals surface area contributed by atoms with Crippen molar-refractivity contribution in [1.29, 1.82) is 0 Å². The van der Waals surface area contributed by atoms with Gasteiger partial charge in [-0.05, 0) is 165 Å². The molecule has 454 valence electrons. The minimum Gasteiger partial charge on any atom is -0.381 e. The van der Waals surface area contributed by atoms with Crippen LogP contribution < -0.4 is 0 Å². The molecule has 0 N–H and O–H groups in total. The van der Waals surface area contributed by atoms with Crippen LogP contribution in [0.4, 0.5) is 35.1 Å². The summed E-state index contributed by atoms with van der Waals surface area (Å²) in [6.45, 7) is 9.48. The maximum atomic E-state index is 13.9. The molecular weight excluding hydrogens is 1090 g/mol. The molecule has 0 heterocycles. The Morgan fingerprint density at radius 1 is 0.524 bits per heavy atom. The molecule has 0 amide bonds. The fraction of sp³-hybridized carbons (Fsp3) is 0.543. The van der Waals surface area contributed by atoms with Gasteiger partial charge in [-0.2, -0.15) is 45.5 Å². The van der Waals surface area contributed by atoms with Crippen LogP contribution >= 0.6 is 0 Å². The van der Waals surface area contributed by atoms with E-state index < -0.39 is 40.9 Å². The predicted octanol–water partition coefficient (Wildman–Crippen LogP) is 17.2. The van der Waals surface area contributed by atoms with Crippen LogP contribution in [-0.2, 0) is 41.7 Å². The molecule has 0 saturated carbocycles. The summed E-state index contributed by atoms with van der Waals surface area (Å²) >= 11 is 0. The highest BCUT2D eigenvalue weighted by Crippen LogP contribution is 2.35. The Labute approximate surface area is 494 Å². The summed E-state index contributed by atoms with van der Waals surface area (Å²) in [4.78, 5) is 32.5.